The van der Waals surface area contributed by atoms with Crippen molar-refractivity contribution in [2.75, 3.05) is 0 Å². The van der Waals surface area contributed by atoms with Crippen molar-refractivity contribution in [2.45, 2.75) is 20.2 Å². The minimum absolute atomic E-state index is 0.350. The second-order valence-electron chi connectivity index (χ2n) is 8.00. The van der Waals surface area contributed by atoms with Gasteiger partial charge in [0, 0.05) is 15.4 Å². The number of pyridine rings is 1. The Balaban J connectivity index is 1.82. The number of rotatable bonds is 1. The molecule has 0 unspecified atom stereocenters. The van der Waals surface area contributed by atoms with E-state index in [0.717, 1.165) is 28.7 Å². The van der Waals surface area contributed by atoms with Crippen LogP contribution in [0.5, 0.6) is 0 Å². The summed E-state index contributed by atoms with van der Waals surface area (Å²) in [7, 11) is 1.95. The fourth-order valence-corrected chi connectivity index (χ4v) is 5.08. The lowest BCUT2D eigenvalue weighted by atomic mass is 9.98. The molecular weight excluding hydrogens is 352 g/mol. The fraction of sp³-hybridized carbons (Fsp3) is 0.148. The Morgan fingerprint density at radius 2 is 1.72 bits per heavy atom. The fourth-order valence-electron chi connectivity index (χ4n) is 5.08. The Morgan fingerprint density at radius 3 is 2.55 bits per heavy atom. The number of para-hydroxylation sites is 1. The first-order valence-corrected chi connectivity index (χ1v) is 9.99. The summed E-state index contributed by atoms with van der Waals surface area (Å²) in [5.41, 5.74) is 11.0. The van der Waals surface area contributed by atoms with Gasteiger partial charge in [-0.1, -0.05) is 42.5 Å². The zero-order valence-corrected chi connectivity index (χ0v) is 16.5. The van der Waals surface area contributed by atoms with Gasteiger partial charge in [-0.2, -0.15) is 4.57 Å². The van der Waals surface area contributed by atoms with Crippen molar-refractivity contribution < 1.29 is 8.68 Å². The molecule has 140 valence electrons. The monoisotopic (exact) mass is 378 g/mol. The zero-order valence-electron chi connectivity index (χ0n) is 19.5. The van der Waals surface area contributed by atoms with E-state index in [1.807, 2.05) is 35.9 Å². The molecule has 6 rings (SSSR count). The first-order chi connectivity index (χ1) is 15.3. The van der Waals surface area contributed by atoms with Gasteiger partial charge >= 0.3 is 0 Å². The SMILES string of the molecule is [2H]C([2H])([2H])c1cc2c(c3c(C)c4c(cc3n2-c2ccccc2)-c2ccccc2C4)[n+](C)c1. The van der Waals surface area contributed by atoms with Crippen molar-refractivity contribution in [1.82, 2.24) is 4.57 Å². The van der Waals surface area contributed by atoms with Crippen LogP contribution in [0.1, 0.15) is 26.4 Å². The predicted molar refractivity (Wildman–Crippen MR) is 120 cm³/mol. The van der Waals surface area contributed by atoms with E-state index in [4.69, 9.17) is 4.11 Å². The van der Waals surface area contributed by atoms with Gasteiger partial charge in [-0.05, 0) is 72.3 Å². The van der Waals surface area contributed by atoms with Gasteiger partial charge in [0.1, 0.15) is 12.6 Å². The summed E-state index contributed by atoms with van der Waals surface area (Å²) in [5, 5.41) is 1.19. The Labute approximate surface area is 174 Å². The molecule has 0 amide bonds. The predicted octanol–water partition coefficient (Wildman–Crippen LogP) is 5.80. The molecule has 0 aliphatic heterocycles. The second kappa shape index (κ2) is 5.81. The summed E-state index contributed by atoms with van der Waals surface area (Å²) >= 11 is 0. The Hall–Kier alpha value is -3.39. The molecule has 3 aromatic carbocycles. The van der Waals surface area contributed by atoms with E-state index in [2.05, 4.69) is 54.0 Å². The lowest BCUT2D eigenvalue weighted by Gasteiger charge is -2.10. The number of fused-ring (bicyclic) bond motifs is 6. The third kappa shape index (κ3) is 2.20. The maximum Gasteiger partial charge on any atom is 0.239 e. The molecule has 0 fully saturated rings. The maximum atomic E-state index is 8.00. The highest BCUT2D eigenvalue weighted by Crippen LogP contribution is 2.44. The highest BCUT2D eigenvalue weighted by atomic mass is 15.0. The topological polar surface area (TPSA) is 8.81 Å². The number of nitrogens with zero attached hydrogens (tertiary/aromatic N) is 2. The molecule has 2 aromatic heterocycles. The summed E-state index contributed by atoms with van der Waals surface area (Å²) < 4.78 is 28.2. The molecule has 0 bridgehead atoms. The quantitative estimate of drug-likeness (QED) is 0.320. The minimum atomic E-state index is -2.17. The molecule has 0 saturated carbocycles. The van der Waals surface area contributed by atoms with Crippen LogP contribution >= 0.6 is 0 Å². The standard InChI is InChI=1S/C27H23N2/c1-17-13-25-27(28(3)16-17)26-18(2)22-14-19-9-7-8-12-21(19)23(22)15-24(26)29(25)20-10-5-4-6-11-20/h4-13,15-16H,14H2,1-3H3/q+1/i1D3. The van der Waals surface area contributed by atoms with Crippen LogP contribution in [0.15, 0.2) is 72.9 Å². The molecule has 2 heteroatoms. The number of aryl methyl sites for hydroxylation is 3. The lowest BCUT2D eigenvalue weighted by molar-refractivity contribution is -0.644. The highest BCUT2D eigenvalue weighted by molar-refractivity contribution is 6.09. The summed E-state index contributed by atoms with van der Waals surface area (Å²) in [6, 6.07) is 23.0. The Kier molecular flexibility index (Phi) is 2.75. The highest BCUT2D eigenvalue weighted by Gasteiger charge is 2.27. The van der Waals surface area contributed by atoms with Crippen LogP contribution in [0.25, 0.3) is 38.8 Å². The van der Waals surface area contributed by atoms with E-state index in [1.54, 1.807) is 6.20 Å². The van der Waals surface area contributed by atoms with Gasteiger partial charge < -0.3 is 4.57 Å². The molecule has 0 radical (unpaired) electrons. The Bertz CT molecular complexity index is 1540. The van der Waals surface area contributed by atoms with Crippen LogP contribution in [0.4, 0.5) is 0 Å². The average molecular weight is 379 g/mol. The van der Waals surface area contributed by atoms with Crippen LogP contribution in [-0.4, -0.2) is 4.57 Å². The number of hydrogen-bond acceptors (Lipinski definition) is 0. The van der Waals surface area contributed by atoms with Gasteiger partial charge in [-0.3, -0.25) is 0 Å². The van der Waals surface area contributed by atoms with E-state index >= 15 is 0 Å². The van der Waals surface area contributed by atoms with Gasteiger partial charge in [-0.15, -0.1) is 0 Å². The summed E-state index contributed by atoms with van der Waals surface area (Å²) in [4.78, 5) is 0. The number of hydrogen-bond donors (Lipinski definition) is 0. The van der Waals surface area contributed by atoms with Crippen molar-refractivity contribution in [3.8, 4) is 16.8 Å². The van der Waals surface area contributed by atoms with E-state index < -0.39 is 6.85 Å². The molecule has 0 atom stereocenters. The van der Waals surface area contributed by atoms with Crippen molar-refractivity contribution in [3.05, 3.63) is 95.2 Å². The molecule has 1 aliphatic rings. The second-order valence-corrected chi connectivity index (χ2v) is 8.00. The first kappa shape index (κ1) is 13.7. The van der Waals surface area contributed by atoms with Crippen molar-refractivity contribution in [3.63, 3.8) is 0 Å². The van der Waals surface area contributed by atoms with Crippen LogP contribution < -0.4 is 4.57 Å². The minimum Gasteiger partial charge on any atom is -0.304 e. The third-order valence-corrected chi connectivity index (χ3v) is 6.32. The Morgan fingerprint density at radius 1 is 0.931 bits per heavy atom. The molecule has 0 spiro atoms. The van der Waals surface area contributed by atoms with Crippen molar-refractivity contribution >= 4 is 21.9 Å². The number of benzene rings is 3. The third-order valence-electron chi connectivity index (χ3n) is 6.32. The smallest absolute Gasteiger partial charge is 0.239 e. The number of aromatic nitrogens is 2. The summed E-state index contributed by atoms with van der Waals surface area (Å²) in [6.45, 7) is 0.0408. The molecule has 29 heavy (non-hydrogen) atoms. The van der Waals surface area contributed by atoms with E-state index in [0.29, 0.717) is 5.56 Å². The largest absolute Gasteiger partial charge is 0.304 e. The van der Waals surface area contributed by atoms with Gasteiger partial charge in [-0.25, -0.2) is 0 Å². The molecule has 1 aliphatic carbocycles. The van der Waals surface area contributed by atoms with Gasteiger partial charge in [0.25, 0.3) is 0 Å². The van der Waals surface area contributed by atoms with Crippen molar-refractivity contribution in [2.24, 2.45) is 7.05 Å². The van der Waals surface area contributed by atoms with E-state index in [9.17, 15) is 0 Å². The summed E-state index contributed by atoms with van der Waals surface area (Å²) in [5.74, 6) is 0. The molecule has 0 N–H and O–H groups in total. The van der Waals surface area contributed by atoms with Crippen LogP contribution in [0.2, 0.25) is 0 Å². The zero-order chi connectivity index (χ0) is 22.2. The van der Waals surface area contributed by atoms with Gasteiger partial charge in [0.2, 0.25) is 5.52 Å². The van der Waals surface area contributed by atoms with Gasteiger partial charge in [0.15, 0.2) is 6.20 Å². The van der Waals surface area contributed by atoms with Crippen LogP contribution in [-0.2, 0) is 13.5 Å². The molecular formula is C27H23N2+. The molecule has 2 nitrogen and oxygen atoms in total. The van der Waals surface area contributed by atoms with Crippen LogP contribution in [0, 0.1) is 13.8 Å². The average Bonchev–Trinajstić information content (AvgIpc) is 3.30. The van der Waals surface area contributed by atoms with E-state index in [-0.39, 0.29) is 0 Å². The molecule has 2 heterocycles. The van der Waals surface area contributed by atoms with Crippen LogP contribution in [0.3, 0.4) is 0 Å². The normalized spacial score (nSPS) is 14.5. The maximum absolute atomic E-state index is 8.00. The lowest BCUT2D eigenvalue weighted by Crippen LogP contribution is -2.28. The molecule has 5 aromatic rings. The van der Waals surface area contributed by atoms with Crippen molar-refractivity contribution in [1.29, 1.82) is 0 Å². The first-order valence-electron chi connectivity index (χ1n) is 11.5. The molecule has 0 saturated heterocycles. The van der Waals surface area contributed by atoms with E-state index in [1.165, 1.54) is 33.2 Å². The van der Waals surface area contributed by atoms with Gasteiger partial charge in [0.05, 0.1) is 10.9 Å². The summed E-state index contributed by atoms with van der Waals surface area (Å²) in [6.07, 6.45) is 2.69.